The van der Waals surface area contributed by atoms with Crippen molar-refractivity contribution in [1.29, 1.82) is 0 Å². The lowest BCUT2D eigenvalue weighted by Gasteiger charge is -2.13. The van der Waals surface area contributed by atoms with Gasteiger partial charge in [-0.1, -0.05) is 6.92 Å². The molecule has 21 heavy (non-hydrogen) atoms. The fraction of sp³-hybridized carbons (Fsp3) is 0.462. The summed E-state index contributed by atoms with van der Waals surface area (Å²) >= 11 is 0. The van der Waals surface area contributed by atoms with E-state index in [2.05, 4.69) is 15.3 Å². The molecule has 2 aromatic rings. The van der Waals surface area contributed by atoms with E-state index in [9.17, 15) is 9.59 Å². The zero-order chi connectivity index (χ0) is 15.4. The highest BCUT2D eigenvalue weighted by Gasteiger charge is 2.11. The van der Waals surface area contributed by atoms with Crippen LogP contribution in [0.3, 0.4) is 0 Å². The Morgan fingerprint density at radius 1 is 1.43 bits per heavy atom. The number of hydrogen-bond donors (Lipinski definition) is 3. The van der Waals surface area contributed by atoms with Gasteiger partial charge in [-0.15, -0.1) is 0 Å². The minimum absolute atomic E-state index is 0.172. The number of rotatable bonds is 6. The molecule has 0 fully saturated rings. The van der Waals surface area contributed by atoms with E-state index in [0.29, 0.717) is 19.5 Å². The number of aromatic amines is 1. The van der Waals surface area contributed by atoms with E-state index in [1.165, 1.54) is 4.57 Å². The van der Waals surface area contributed by atoms with Gasteiger partial charge in [-0.05, 0) is 6.42 Å². The maximum absolute atomic E-state index is 11.8. The van der Waals surface area contributed by atoms with E-state index in [-0.39, 0.29) is 11.5 Å². The van der Waals surface area contributed by atoms with Gasteiger partial charge in [0.25, 0.3) is 5.56 Å². The van der Waals surface area contributed by atoms with E-state index < -0.39 is 11.2 Å². The topological polar surface area (TPSA) is 111 Å². The SMILES string of the molecule is CCCn1c(N)c(NCCc2nccn2C)c(=O)[nH]c1=O. The summed E-state index contributed by atoms with van der Waals surface area (Å²) in [5.74, 6) is 1.07. The van der Waals surface area contributed by atoms with E-state index in [4.69, 9.17) is 5.73 Å². The number of aryl methyl sites for hydroxylation is 1. The Labute approximate surface area is 121 Å². The van der Waals surface area contributed by atoms with Crippen molar-refractivity contribution in [2.24, 2.45) is 7.05 Å². The Morgan fingerprint density at radius 2 is 2.19 bits per heavy atom. The van der Waals surface area contributed by atoms with Crippen molar-refractivity contribution in [2.45, 2.75) is 26.3 Å². The van der Waals surface area contributed by atoms with Crippen molar-refractivity contribution in [3.8, 4) is 0 Å². The first-order valence-corrected chi connectivity index (χ1v) is 6.87. The molecule has 2 heterocycles. The number of aromatic nitrogens is 4. The molecule has 0 spiro atoms. The maximum Gasteiger partial charge on any atom is 0.330 e. The number of nitrogens with two attached hydrogens (primary N) is 1. The monoisotopic (exact) mass is 292 g/mol. The number of nitrogens with zero attached hydrogens (tertiary/aromatic N) is 3. The minimum atomic E-state index is -0.496. The highest BCUT2D eigenvalue weighted by molar-refractivity contribution is 5.60. The fourth-order valence-electron chi connectivity index (χ4n) is 2.14. The molecule has 4 N–H and O–H groups in total. The van der Waals surface area contributed by atoms with Gasteiger partial charge in [-0.2, -0.15) is 0 Å². The number of imidazole rings is 1. The van der Waals surface area contributed by atoms with E-state index in [1.807, 2.05) is 24.7 Å². The summed E-state index contributed by atoms with van der Waals surface area (Å²) in [6.45, 7) is 2.91. The van der Waals surface area contributed by atoms with Crippen molar-refractivity contribution < 1.29 is 0 Å². The predicted octanol–water partition coefficient (Wildman–Crippen LogP) is -0.0831. The first-order chi connectivity index (χ1) is 10.0. The molecule has 0 radical (unpaired) electrons. The largest absolute Gasteiger partial charge is 0.383 e. The highest BCUT2D eigenvalue weighted by Crippen LogP contribution is 2.10. The predicted molar refractivity (Wildman–Crippen MR) is 81.4 cm³/mol. The molecule has 0 bridgehead atoms. The van der Waals surface area contributed by atoms with Crippen LogP contribution in [0.4, 0.5) is 11.5 Å². The Bertz CT molecular complexity index is 727. The molecule has 0 unspecified atom stereocenters. The van der Waals surface area contributed by atoms with Gasteiger partial charge in [-0.3, -0.25) is 14.3 Å². The van der Waals surface area contributed by atoms with Crippen molar-refractivity contribution in [1.82, 2.24) is 19.1 Å². The van der Waals surface area contributed by atoms with E-state index in [1.54, 1.807) is 6.20 Å². The van der Waals surface area contributed by atoms with E-state index in [0.717, 1.165) is 12.2 Å². The van der Waals surface area contributed by atoms with E-state index >= 15 is 0 Å². The summed E-state index contributed by atoms with van der Waals surface area (Å²) in [6.07, 6.45) is 4.98. The lowest BCUT2D eigenvalue weighted by molar-refractivity contribution is 0.642. The van der Waals surface area contributed by atoms with Gasteiger partial charge in [0.1, 0.15) is 17.3 Å². The molecule has 0 aromatic carbocycles. The second kappa shape index (κ2) is 6.29. The van der Waals surface area contributed by atoms with Gasteiger partial charge in [0.15, 0.2) is 0 Å². The molecule has 0 aliphatic rings. The Morgan fingerprint density at radius 3 is 2.81 bits per heavy atom. The van der Waals surface area contributed by atoms with Crippen LogP contribution in [-0.2, 0) is 20.0 Å². The third-order valence-electron chi connectivity index (χ3n) is 3.26. The van der Waals surface area contributed by atoms with Crippen LogP contribution < -0.4 is 22.3 Å². The molecule has 2 rings (SSSR count). The lowest BCUT2D eigenvalue weighted by atomic mass is 10.3. The smallest absolute Gasteiger partial charge is 0.330 e. The zero-order valence-electron chi connectivity index (χ0n) is 12.2. The molecule has 0 amide bonds. The minimum Gasteiger partial charge on any atom is -0.383 e. The molecule has 114 valence electrons. The molecule has 2 aromatic heterocycles. The summed E-state index contributed by atoms with van der Waals surface area (Å²) in [5.41, 5.74) is 5.18. The van der Waals surface area contributed by atoms with Gasteiger partial charge < -0.3 is 15.6 Å². The maximum atomic E-state index is 11.8. The second-order valence-electron chi connectivity index (χ2n) is 4.80. The first-order valence-electron chi connectivity index (χ1n) is 6.87. The van der Waals surface area contributed by atoms with Gasteiger partial charge >= 0.3 is 5.69 Å². The Hall–Kier alpha value is -2.51. The van der Waals surface area contributed by atoms with Crippen LogP contribution >= 0.6 is 0 Å². The van der Waals surface area contributed by atoms with Gasteiger partial charge in [0.05, 0.1) is 0 Å². The fourth-order valence-corrected chi connectivity index (χ4v) is 2.14. The Balaban J connectivity index is 2.16. The molecule has 0 aliphatic carbocycles. The molecule has 0 aliphatic heterocycles. The highest BCUT2D eigenvalue weighted by atomic mass is 16.2. The molecule has 8 heteroatoms. The summed E-state index contributed by atoms with van der Waals surface area (Å²) in [5, 5.41) is 2.99. The third-order valence-corrected chi connectivity index (χ3v) is 3.26. The summed E-state index contributed by atoms with van der Waals surface area (Å²) < 4.78 is 3.28. The molecular weight excluding hydrogens is 272 g/mol. The standard InChI is InChI=1S/C13H20N6O2/c1-3-7-19-11(14)10(12(20)17-13(19)21)16-5-4-9-15-6-8-18(9)2/h6,8,16H,3-5,7,14H2,1-2H3,(H,17,20,21). The van der Waals surface area contributed by atoms with Crippen LogP contribution in [0.5, 0.6) is 0 Å². The van der Waals surface area contributed by atoms with Crippen LogP contribution in [0.2, 0.25) is 0 Å². The quantitative estimate of drug-likeness (QED) is 0.689. The Kier molecular flexibility index (Phi) is 4.46. The summed E-state index contributed by atoms with van der Waals surface area (Å²) in [7, 11) is 1.91. The third kappa shape index (κ3) is 3.15. The number of hydrogen-bond acceptors (Lipinski definition) is 5. The number of H-pyrrole nitrogens is 1. The number of nitrogen functional groups attached to an aromatic ring is 1. The van der Waals surface area contributed by atoms with Crippen LogP contribution in [-0.4, -0.2) is 25.6 Å². The van der Waals surface area contributed by atoms with Crippen molar-refractivity contribution in [2.75, 3.05) is 17.6 Å². The zero-order valence-corrected chi connectivity index (χ0v) is 12.2. The summed E-state index contributed by atoms with van der Waals surface area (Å²) in [6, 6.07) is 0. The van der Waals surface area contributed by atoms with Gasteiger partial charge in [0, 0.05) is 39.0 Å². The van der Waals surface area contributed by atoms with Crippen molar-refractivity contribution >= 4 is 11.5 Å². The molecule has 0 saturated heterocycles. The summed E-state index contributed by atoms with van der Waals surface area (Å²) in [4.78, 5) is 30.0. The van der Waals surface area contributed by atoms with Crippen LogP contribution in [0.1, 0.15) is 19.2 Å². The second-order valence-corrected chi connectivity index (χ2v) is 4.80. The van der Waals surface area contributed by atoms with Crippen LogP contribution in [0.15, 0.2) is 22.0 Å². The van der Waals surface area contributed by atoms with Crippen LogP contribution in [0.25, 0.3) is 0 Å². The average molecular weight is 292 g/mol. The van der Waals surface area contributed by atoms with Crippen molar-refractivity contribution in [3.63, 3.8) is 0 Å². The van der Waals surface area contributed by atoms with Gasteiger partial charge in [0.2, 0.25) is 0 Å². The number of nitrogens with one attached hydrogen (secondary N) is 2. The van der Waals surface area contributed by atoms with Crippen molar-refractivity contribution in [3.05, 3.63) is 39.1 Å². The normalized spacial score (nSPS) is 10.8. The average Bonchev–Trinajstić information content (AvgIpc) is 2.84. The molecular formula is C13H20N6O2. The number of anilines is 2. The van der Waals surface area contributed by atoms with Gasteiger partial charge in [-0.25, -0.2) is 9.78 Å². The molecule has 0 atom stereocenters. The molecule has 0 saturated carbocycles. The van der Waals surface area contributed by atoms with Crippen LogP contribution in [0, 0.1) is 0 Å². The molecule has 8 nitrogen and oxygen atoms in total. The first kappa shape index (κ1) is 14.9. The lowest BCUT2D eigenvalue weighted by Crippen LogP contribution is -2.34.